The Kier molecular flexibility index (Phi) is 3.69. The topological polar surface area (TPSA) is 75.6 Å². The van der Waals surface area contributed by atoms with Crippen molar-refractivity contribution in [2.75, 3.05) is 12.4 Å². The van der Waals surface area contributed by atoms with E-state index in [1.54, 1.807) is 11.4 Å². The van der Waals surface area contributed by atoms with Crippen LogP contribution in [0.15, 0.2) is 11.4 Å². The van der Waals surface area contributed by atoms with Crippen molar-refractivity contribution in [3.63, 3.8) is 0 Å². The van der Waals surface area contributed by atoms with Crippen molar-refractivity contribution in [3.05, 3.63) is 32.3 Å². The highest BCUT2D eigenvalue weighted by molar-refractivity contribution is 7.17. The monoisotopic (exact) mass is 323 g/mol. The zero-order valence-electron chi connectivity index (χ0n) is 11.3. The van der Waals surface area contributed by atoms with Crippen LogP contribution in [0.2, 0.25) is 0 Å². The molecule has 0 saturated carbocycles. The number of nitrogens with one attached hydrogen (secondary N) is 1. The fraction of sp³-hybridized carbons (Fsp3) is 0.286. The Morgan fingerprint density at radius 1 is 1.38 bits per heavy atom. The highest BCUT2D eigenvalue weighted by Gasteiger charge is 2.28. The summed E-state index contributed by atoms with van der Waals surface area (Å²) in [4.78, 5) is 25.3. The third-order valence-corrected chi connectivity index (χ3v) is 5.52. The molecule has 0 bridgehead atoms. The zero-order chi connectivity index (χ0) is 15.0. The second kappa shape index (κ2) is 5.50. The predicted octanol–water partition coefficient (Wildman–Crippen LogP) is 3.26. The molecular weight excluding hydrogens is 310 g/mol. The number of thiophene rings is 2. The van der Waals surface area contributed by atoms with Crippen LogP contribution in [0.5, 0.6) is 5.75 Å². The van der Waals surface area contributed by atoms with Crippen LogP contribution in [0.1, 0.15) is 36.9 Å². The fourth-order valence-corrected chi connectivity index (χ4v) is 4.53. The molecule has 0 aliphatic heterocycles. The number of hydrogen-bond donors (Lipinski definition) is 2. The van der Waals surface area contributed by atoms with E-state index >= 15 is 0 Å². The number of methoxy groups -OCH3 is 1. The Labute approximate surface area is 129 Å². The minimum Gasteiger partial charge on any atom is -0.495 e. The quantitative estimate of drug-likeness (QED) is 0.905. The summed E-state index contributed by atoms with van der Waals surface area (Å²) in [6, 6.07) is 1.71. The molecule has 2 N–H and O–H groups in total. The van der Waals surface area contributed by atoms with E-state index in [-0.39, 0.29) is 11.5 Å². The number of anilines is 1. The SMILES string of the molecule is COc1ccsc1C(=O)Nc1sc2c(c1C(=O)O)CCC2. The summed E-state index contributed by atoms with van der Waals surface area (Å²) in [5, 5.41) is 14.3. The normalized spacial score (nSPS) is 13.0. The van der Waals surface area contributed by atoms with E-state index in [9.17, 15) is 14.7 Å². The lowest BCUT2D eigenvalue weighted by Gasteiger charge is -2.05. The van der Waals surface area contributed by atoms with Gasteiger partial charge in [-0.05, 0) is 36.3 Å². The minimum absolute atomic E-state index is 0.247. The van der Waals surface area contributed by atoms with Crippen LogP contribution in [-0.4, -0.2) is 24.1 Å². The number of ether oxygens (including phenoxy) is 1. The number of fused-ring (bicyclic) bond motifs is 1. The largest absolute Gasteiger partial charge is 0.495 e. The van der Waals surface area contributed by atoms with Gasteiger partial charge >= 0.3 is 5.97 Å². The second-order valence-corrected chi connectivity index (χ2v) is 6.66. The van der Waals surface area contributed by atoms with E-state index < -0.39 is 5.97 Å². The van der Waals surface area contributed by atoms with Gasteiger partial charge in [0.2, 0.25) is 0 Å². The van der Waals surface area contributed by atoms with E-state index in [0.29, 0.717) is 15.6 Å². The Bertz CT molecular complexity index is 717. The Hall–Kier alpha value is -1.86. The maximum atomic E-state index is 12.3. The molecule has 0 radical (unpaired) electrons. The lowest BCUT2D eigenvalue weighted by molar-refractivity contribution is 0.0697. The van der Waals surface area contributed by atoms with E-state index in [2.05, 4.69) is 5.32 Å². The van der Waals surface area contributed by atoms with Gasteiger partial charge in [0.1, 0.15) is 15.6 Å². The molecule has 5 nitrogen and oxygen atoms in total. The molecular formula is C14H13NO4S2. The summed E-state index contributed by atoms with van der Waals surface area (Å²) in [5.41, 5.74) is 1.12. The van der Waals surface area contributed by atoms with Crippen LogP contribution in [0.3, 0.4) is 0 Å². The van der Waals surface area contributed by atoms with Gasteiger partial charge < -0.3 is 15.2 Å². The van der Waals surface area contributed by atoms with Gasteiger partial charge in [0.05, 0.1) is 12.7 Å². The third-order valence-electron chi connectivity index (χ3n) is 3.42. The summed E-state index contributed by atoms with van der Waals surface area (Å²) < 4.78 is 5.12. The molecule has 2 aromatic rings. The fourth-order valence-electron chi connectivity index (χ4n) is 2.50. The van der Waals surface area contributed by atoms with Gasteiger partial charge in [-0.25, -0.2) is 4.79 Å². The van der Waals surface area contributed by atoms with E-state index in [0.717, 1.165) is 29.7 Å². The molecule has 1 aliphatic carbocycles. The van der Waals surface area contributed by atoms with Crippen molar-refractivity contribution in [2.24, 2.45) is 0 Å². The molecule has 0 spiro atoms. The number of aryl methyl sites for hydroxylation is 1. The number of carboxylic acid groups (broad SMARTS) is 1. The molecule has 0 atom stereocenters. The zero-order valence-corrected chi connectivity index (χ0v) is 12.9. The summed E-state index contributed by atoms with van der Waals surface area (Å²) in [6.07, 6.45) is 2.64. The maximum Gasteiger partial charge on any atom is 0.339 e. The molecule has 2 heterocycles. The lowest BCUT2D eigenvalue weighted by Crippen LogP contribution is -2.13. The Morgan fingerprint density at radius 3 is 2.90 bits per heavy atom. The molecule has 0 saturated heterocycles. The van der Waals surface area contributed by atoms with Crippen molar-refractivity contribution < 1.29 is 19.4 Å². The first-order valence-electron chi connectivity index (χ1n) is 6.42. The number of amides is 1. The van der Waals surface area contributed by atoms with E-state index in [4.69, 9.17) is 4.74 Å². The molecule has 21 heavy (non-hydrogen) atoms. The molecule has 0 unspecified atom stereocenters. The summed E-state index contributed by atoms with van der Waals surface area (Å²) in [6.45, 7) is 0. The van der Waals surface area contributed by atoms with Crippen molar-refractivity contribution >= 4 is 39.6 Å². The highest BCUT2D eigenvalue weighted by Crippen LogP contribution is 2.39. The van der Waals surface area contributed by atoms with Gasteiger partial charge in [-0.2, -0.15) is 0 Å². The van der Waals surface area contributed by atoms with E-state index in [1.165, 1.54) is 29.8 Å². The second-order valence-electron chi connectivity index (χ2n) is 4.64. The van der Waals surface area contributed by atoms with Crippen LogP contribution in [0.4, 0.5) is 5.00 Å². The van der Waals surface area contributed by atoms with Crippen LogP contribution in [-0.2, 0) is 12.8 Å². The maximum absolute atomic E-state index is 12.3. The van der Waals surface area contributed by atoms with Gasteiger partial charge in [-0.15, -0.1) is 22.7 Å². The van der Waals surface area contributed by atoms with Gasteiger partial charge in [0.15, 0.2) is 0 Å². The van der Waals surface area contributed by atoms with Gasteiger partial charge in [-0.1, -0.05) is 0 Å². The molecule has 110 valence electrons. The Morgan fingerprint density at radius 2 is 2.19 bits per heavy atom. The number of carbonyl (C=O) groups is 2. The van der Waals surface area contributed by atoms with Crippen molar-refractivity contribution in [1.82, 2.24) is 0 Å². The summed E-state index contributed by atoms with van der Waals surface area (Å²) in [5.74, 6) is -0.814. The number of hydrogen-bond acceptors (Lipinski definition) is 5. The van der Waals surface area contributed by atoms with Crippen LogP contribution in [0, 0.1) is 0 Å². The van der Waals surface area contributed by atoms with Crippen molar-refractivity contribution in [2.45, 2.75) is 19.3 Å². The molecule has 1 aliphatic rings. The first-order valence-corrected chi connectivity index (χ1v) is 8.12. The first-order chi connectivity index (χ1) is 10.1. The molecule has 7 heteroatoms. The lowest BCUT2D eigenvalue weighted by atomic mass is 10.1. The van der Waals surface area contributed by atoms with Gasteiger partial charge in [0, 0.05) is 4.88 Å². The van der Waals surface area contributed by atoms with Crippen molar-refractivity contribution in [3.8, 4) is 5.75 Å². The average Bonchev–Trinajstić information content (AvgIpc) is 3.11. The number of carbonyl (C=O) groups excluding carboxylic acids is 1. The molecule has 2 aromatic heterocycles. The third kappa shape index (κ3) is 2.43. The Balaban J connectivity index is 1.92. The number of aromatic carboxylic acids is 1. The standard InChI is InChI=1S/C14H13NO4S2/c1-19-8-5-6-20-11(8)12(16)15-13-10(14(17)18)7-3-2-4-9(7)21-13/h5-6H,2-4H2,1H3,(H,15,16)(H,17,18). The molecule has 1 amide bonds. The van der Waals surface area contributed by atoms with E-state index in [1.807, 2.05) is 0 Å². The smallest absolute Gasteiger partial charge is 0.339 e. The van der Waals surface area contributed by atoms with Crippen molar-refractivity contribution in [1.29, 1.82) is 0 Å². The first kappa shape index (κ1) is 14.1. The number of rotatable bonds is 4. The molecule has 3 rings (SSSR count). The summed E-state index contributed by atoms with van der Waals surface area (Å²) in [7, 11) is 1.50. The average molecular weight is 323 g/mol. The van der Waals surface area contributed by atoms with Crippen LogP contribution < -0.4 is 10.1 Å². The highest BCUT2D eigenvalue weighted by atomic mass is 32.1. The van der Waals surface area contributed by atoms with Crippen LogP contribution in [0.25, 0.3) is 0 Å². The molecule has 0 aromatic carbocycles. The van der Waals surface area contributed by atoms with Gasteiger partial charge in [0.25, 0.3) is 5.91 Å². The minimum atomic E-state index is -0.983. The van der Waals surface area contributed by atoms with Gasteiger partial charge in [-0.3, -0.25) is 4.79 Å². The predicted molar refractivity (Wildman–Crippen MR) is 82.1 cm³/mol. The number of carboxylic acids is 1. The summed E-state index contributed by atoms with van der Waals surface area (Å²) >= 11 is 2.63. The van der Waals surface area contributed by atoms with Crippen LogP contribution >= 0.6 is 22.7 Å². The molecule has 0 fully saturated rings.